The van der Waals surface area contributed by atoms with Gasteiger partial charge in [-0.2, -0.15) is 0 Å². The molecule has 0 aromatic carbocycles. The second-order valence-electron chi connectivity index (χ2n) is 12.3. The van der Waals surface area contributed by atoms with Gasteiger partial charge in [0, 0.05) is 18.4 Å². The third kappa shape index (κ3) is 3.20. The Kier molecular flexibility index (Phi) is 4.60. The van der Waals surface area contributed by atoms with Crippen LogP contribution in [0.15, 0.2) is 12.7 Å². The summed E-state index contributed by atoms with van der Waals surface area (Å²) in [4.78, 5) is 25.9. The highest BCUT2D eigenvalue weighted by molar-refractivity contribution is 5.83. The number of hydrogen-bond donors (Lipinski definition) is 2. The van der Waals surface area contributed by atoms with Crippen molar-refractivity contribution in [2.24, 2.45) is 17.8 Å². The van der Waals surface area contributed by atoms with E-state index in [-0.39, 0.29) is 5.54 Å². The zero-order valence-corrected chi connectivity index (χ0v) is 20.3. The first kappa shape index (κ1) is 21.8. The summed E-state index contributed by atoms with van der Waals surface area (Å²) in [7, 11) is 0. The Balaban J connectivity index is 1.12. The van der Waals surface area contributed by atoms with E-state index < -0.39 is 36.3 Å². The van der Waals surface area contributed by atoms with Crippen molar-refractivity contribution in [2.45, 2.75) is 106 Å². The fraction of sp³-hybridized carbons (Fsp3) is 0.769. The van der Waals surface area contributed by atoms with Gasteiger partial charge in [-0.3, -0.25) is 4.57 Å². The third-order valence-electron chi connectivity index (χ3n) is 9.80. The average Bonchev–Trinajstić information content (AvgIpc) is 3.51. The van der Waals surface area contributed by atoms with Crippen LogP contribution < -0.4 is 5.32 Å². The maximum absolute atomic E-state index is 12.1. The van der Waals surface area contributed by atoms with Crippen LogP contribution in [0.2, 0.25) is 0 Å². The molecule has 0 amide bonds. The van der Waals surface area contributed by atoms with Crippen molar-refractivity contribution in [3.63, 3.8) is 0 Å². The molecular weight excluding hydrogens is 462 g/mol. The second kappa shape index (κ2) is 7.61. The number of carboxylic acid groups (broad SMARTS) is 1. The molecule has 2 saturated heterocycles. The molecule has 2 unspecified atom stereocenters. The van der Waals surface area contributed by atoms with E-state index in [1.54, 1.807) is 12.7 Å². The van der Waals surface area contributed by atoms with Crippen LogP contribution in [0, 0.1) is 17.8 Å². The quantitative estimate of drug-likeness (QED) is 0.655. The summed E-state index contributed by atoms with van der Waals surface area (Å²) < 4.78 is 20.6. The first-order chi connectivity index (χ1) is 17.5. The van der Waals surface area contributed by atoms with Crippen molar-refractivity contribution in [3.8, 4) is 0 Å². The van der Waals surface area contributed by atoms with Crippen LogP contribution in [-0.2, 0) is 19.0 Å². The van der Waals surface area contributed by atoms with E-state index in [1.807, 2.05) is 4.57 Å². The van der Waals surface area contributed by atoms with E-state index in [0.717, 1.165) is 55.7 Å². The maximum Gasteiger partial charge on any atom is 0.335 e. The Hall–Kier alpha value is -2.30. The molecule has 5 saturated carbocycles. The summed E-state index contributed by atoms with van der Waals surface area (Å²) >= 11 is 0. The van der Waals surface area contributed by atoms with Gasteiger partial charge in [0.2, 0.25) is 0 Å². The van der Waals surface area contributed by atoms with E-state index in [2.05, 4.69) is 15.3 Å². The Bertz CT molecular complexity index is 1170. The van der Waals surface area contributed by atoms with Crippen molar-refractivity contribution in [1.29, 1.82) is 0 Å². The van der Waals surface area contributed by atoms with E-state index in [1.165, 1.54) is 38.5 Å². The lowest BCUT2D eigenvalue weighted by molar-refractivity contribution is -0.231. The van der Waals surface area contributed by atoms with Crippen LogP contribution in [0.4, 0.5) is 5.82 Å². The molecule has 2 aromatic rings. The number of nitrogens with zero attached hydrogens (tertiary/aromatic N) is 4. The molecule has 5 aliphatic carbocycles. The van der Waals surface area contributed by atoms with Crippen LogP contribution in [0.3, 0.4) is 0 Å². The van der Waals surface area contributed by atoms with Crippen molar-refractivity contribution < 1.29 is 24.1 Å². The van der Waals surface area contributed by atoms with Crippen LogP contribution in [0.25, 0.3) is 11.2 Å². The summed E-state index contributed by atoms with van der Waals surface area (Å²) in [6.45, 7) is 0. The number of imidazole rings is 1. The predicted octanol–water partition coefficient (Wildman–Crippen LogP) is 3.63. The highest BCUT2D eigenvalue weighted by Crippen LogP contribution is 2.57. The second-order valence-corrected chi connectivity index (χ2v) is 12.3. The highest BCUT2D eigenvalue weighted by Gasteiger charge is 2.61. The van der Waals surface area contributed by atoms with Gasteiger partial charge in [0.1, 0.15) is 18.5 Å². The van der Waals surface area contributed by atoms with Gasteiger partial charge in [-0.05, 0) is 69.1 Å². The van der Waals surface area contributed by atoms with Crippen molar-refractivity contribution in [1.82, 2.24) is 19.5 Å². The number of ether oxygens (including phenoxy) is 3. The van der Waals surface area contributed by atoms with Crippen LogP contribution in [0.1, 0.15) is 76.9 Å². The van der Waals surface area contributed by atoms with Gasteiger partial charge in [-0.25, -0.2) is 19.7 Å². The van der Waals surface area contributed by atoms with Gasteiger partial charge < -0.3 is 24.6 Å². The van der Waals surface area contributed by atoms with Crippen LogP contribution in [0.5, 0.6) is 0 Å². The minimum absolute atomic E-state index is 0.0962. The van der Waals surface area contributed by atoms with Crippen molar-refractivity contribution >= 4 is 23.0 Å². The Morgan fingerprint density at radius 1 is 0.972 bits per heavy atom. The Morgan fingerprint density at radius 3 is 2.36 bits per heavy atom. The fourth-order valence-corrected chi connectivity index (χ4v) is 8.81. The molecule has 36 heavy (non-hydrogen) atoms. The molecule has 10 heteroatoms. The minimum atomic E-state index is -1.09. The van der Waals surface area contributed by atoms with Gasteiger partial charge in [0.05, 0.1) is 6.33 Å². The minimum Gasteiger partial charge on any atom is -0.479 e. The first-order valence-electron chi connectivity index (χ1n) is 13.7. The number of fused-ring (bicyclic) bond motifs is 2. The predicted molar refractivity (Wildman–Crippen MR) is 127 cm³/mol. The number of carboxylic acids is 1. The van der Waals surface area contributed by atoms with E-state index in [9.17, 15) is 9.90 Å². The van der Waals surface area contributed by atoms with Crippen LogP contribution in [-0.4, -0.2) is 60.2 Å². The summed E-state index contributed by atoms with van der Waals surface area (Å²) in [5, 5.41) is 13.7. The lowest BCUT2D eigenvalue weighted by Crippen LogP contribution is -2.54. The molecule has 10 nitrogen and oxygen atoms in total. The number of nitrogens with one attached hydrogen (secondary N) is 1. The standard InChI is InChI=1S/C26H33N5O5/c32-24(33)20-18-19(36-26(35-18)4-2-1-3-5-26)23(34-20)31-13-29-17-21(27-12-28-22(17)31)30-25-9-14-6-15(10-25)8-16(7-14)11-25/h12-16,18-20,23H,1-11H2,(H,32,33)(H,27,28,30)/t14?,15?,16?,18?,19?,20-,23+,25?/m0/s1. The molecule has 7 fully saturated rings. The topological polar surface area (TPSA) is 121 Å². The van der Waals surface area contributed by atoms with Gasteiger partial charge in [-0.15, -0.1) is 0 Å². The zero-order chi connectivity index (χ0) is 24.1. The third-order valence-corrected chi connectivity index (χ3v) is 9.80. The lowest BCUT2D eigenvalue weighted by Gasteiger charge is -2.57. The van der Waals surface area contributed by atoms with E-state index in [4.69, 9.17) is 19.2 Å². The maximum atomic E-state index is 12.1. The van der Waals surface area contributed by atoms with E-state index in [0.29, 0.717) is 11.2 Å². The fourth-order valence-electron chi connectivity index (χ4n) is 8.81. The highest BCUT2D eigenvalue weighted by atomic mass is 16.8. The number of rotatable bonds is 4. The van der Waals surface area contributed by atoms with Crippen LogP contribution >= 0.6 is 0 Å². The smallest absolute Gasteiger partial charge is 0.335 e. The molecular formula is C26H33N5O5. The Labute approximate surface area is 209 Å². The number of aliphatic carboxylic acids is 1. The number of carbonyl (C=O) groups is 1. The van der Waals surface area contributed by atoms with Gasteiger partial charge in [0.25, 0.3) is 0 Å². The van der Waals surface area contributed by atoms with Gasteiger partial charge in [0.15, 0.2) is 35.1 Å². The molecule has 4 bridgehead atoms. The molecule has 2 aromatic heterocycles. The molecule has 192 valence electrons. The zero-order valence-electron chi connectivity index (χ0n) is 20.3. The first-order valence-corrected chi connectivity index (χ1v) is 13.7. The molecule has 1 spiro atoms. The van der Waals surface area contributed by atoms with Crippen molar-refractivity contribution in [2.75, 3.05) is 5.32 Å². The monoisotopic (exact) mass is 495 g/mol. The normalized spacial score (nSPS) is 42.3. The molecule has 4 atom stereocenters. The molecule has 2 aliphatic heterocycles. The summed E-state index contributed by atoms with van der Waals surface area (Å²) in [5.41, 5.74) is 1.41. The lowest BCUT2D eigenvalue weighted by atomic mass is 9.53. The summed E-state index contributed by atoms with van der Waals surface area (Å²) in [6.07, 6.45) is 12.8. The van der Waals surface area contributed by atoms with E-state index >= 15 is 0 Å². The summed E-state index contributed by atoms with van der Waals surface area (Å²) in [6, 6.07) is 0. The SMILES string of the molecule is O=C(O)[C@H]1O[C@@H](n2cnc3c(NC45CC6CC(CC(C6)C4)C5)ncnc32)C2OC3(CCCCC3)OC21. The number of aromatic nitrogens is 4. The van der Waals surface area contributed by atoms with Crippen molar-refractivity contribution in [3.05, 3.63) is 12.7 Å². The summed E-state index contributed by atoms with van der Waals surface area (Å²) in [5.74, 6) is 1.48. The van der Waals surface area contributed by atoms with Gasteiger partial charge in [-0.1, -0.05) is 6.42 Å². The van der Waals surface area contributed by atoms with Gasteiger partial charge >= 0.3 is 5.97 Å². The molecule has 2 N–H and O–H groups in total. The Morgan fingerprint density at radius 2 is 1.67 bits per heavy atom. The number of hydrogen-bond acceptors (Lipinski definition) is 8. The number of anilines is 1. The largest absolute Gasteiger partial charge is 0.479 e. The molecule has 9 rings (SSSR count). The molecule has 0 radical (unpaired) electrons. The average molecular weight is 496 g/mol. The molecule has 7 aliphatic rings. The molecule has 4 heterocycles.